The first kappa shape index (κ1) is 19.5. The van der Waals surface area contributed by atoms with E-state index in [1.807, 2.05) is 6.92 Å². The second-order valence-corrected chi connectivity index (χ2v) is 8.55. The number of piperidine rings is 1. The lowest BCUT2D eigenvalue weighted by Gasteiger charge is -2.34. The van der Waals surface area contributed by atoms with Crippen molar-refractivity contribution in [3.8, 4) is 0 Å². The molecule has 1 aliphatic rings. The molecule has 1 aliphatic heterocycles. The van der Waals surface area contributed by atoms with Gasteiger partial charge in [-0.3, -0.25) is 4.79 Å². The fraction of sp³-hybridized carbons (Fsp3) is 0.350. The van der Waals surface area contributed by atoms with Gasteiger partial charge in [0.15, 0.2) is 0 Å². The highest BCUT2D eigenvalue weighted by molar-refractivity contribution is 7.89. The number of benzene rings is 2. The molecule has 0 saturated carbocycles. The Morgan fingerprint density at radius 3 is 2.59 bits per heavy atom. The molecule has 1 saturated heterocycles. The van der Waals surface area contributed by atoms with Gasteiger partial charge in [-0.2, -0.15) is 4.31 Å². The first-order valence-corrected chi connectivity index (χ1v) is 10.5. The van der Waals surface area contributed by atoms with Crippen LogP contribution in [0.4, 0.5) is 10.1 Å². The van der Waals surface area contributed by atoms with Gasteiger partial charge in [-0.15, -0.1) is 0 Å². The van der Waals surface area contributed by atoms with Crippen LogP contribution >= 0.6 is 0 Å². The van der Waals surface area contributed by atoms with Crippen LogP contribution < -0.4 is 5.32 Å². The molecule has 1 N–H and O–H groups in total. The maximum atomic E-state index is 13.2. The first-order chi connectivity index (χ1) is 12.9. The number of amides is 1. The molecular formula is C20H23FN2O3S. The third-order valence-corrected chi connectivity index (χ3v) is 6.82. The van der Waals surface area contributed by atoms with Gasteiger partial charge < -0.3 is 5.32 Å². The van der Waals surface area contributed by atoms with Gasteiger partial charge in [0.25, 0.3) is 5.91 Å². The van der Waals surface area contributed by atoms with E-state index in [2.05, 4.69) is 5.32 Å². The third kappa shape index (κ3) is 4.36. The summed E-state index contributed by atoms with van der Waals surface area (Å²) in [6, 6.07) is 11.5. The molecule has 1 fully saturated rings. The molecular weight excluding hydrogens is 367 g/mol. The molecule has 27 heavy (non-hydrogen) atoms. The van der Waals surface area contributed by atoms with Gasteiger partial charge in [0, 0.05) is 23.8 Å². The van der Waals surface area contributed by atoms with Crippen LogP contribution in [0, 0.1) is 5.82 Å². The Morgan fingerprint density at radius 1 is 1.19 bits per heavy atom. The molecule has 0 spiro atoms. The van der Waals surface area contributed by atoms with Crippen LogP contribution in [0.3, 0.4) is 0 Å². The van der Waals surface area contributed by atoms with Gasteiger partial charge >= 0.3 is 0 Å². The zero-order valence-electron chi connectivity index (χ0n) is 15.2. The van der Waals surface area contributed by atoms with E-state index < -0.39 is 21.7 Å². The van der Waals surface area contributed by atoms with Gasteiger partial charge in [-0.25, -0.2) is 12.8 Å². The average Bonchev–Trinajstić information content (AvgIpc) is 2.68. The zero-order chi connectivity index (χ0) is 19.4. The SMILES string of the molecule is CCC1CCCCN1S(=O)(=O)c1ccc(NC(=O)c2cccc(F)c2)cc1. The van der Waals surface area contributed by atoms with Crippen LogP contribution in [0.2, 0.25) is 0 Å². The molecule has 1 atom stereocenters. The molecule has 2 aromatic rings. The van der Waals surface area contributed by atoms with Crippen LogP contribution in [0.15, 0.2) is 53.4 Å². The Balaban J connectivity index is 1.75. The number of nitrogens with one attached hydrogen (secondary N) is 1. The summed E-state index contributed by atoms with van der Waals surface area (Å²) in [5, 5.41) is 2.65. The summed E-state index contributed by atoms with van der Waals surface area (Å²) in [5.41, 5.74) is 0.652. The largest absolute Gasteiger partial charge is 0.322 e. The van der Waals surface area contributed by atoms with Gasteiger partial charge in [-0.1, -0.05) is 19.4 Å². The van der Waals surface area contributed by atoms with Gasteiger partial charge in [0.05, 0.1) is 4.90 Å². The highest BCUT2D eigenvalue weighted by atomic mass is 32.2. The van der Waals surface area contributed by atoms with Gasteiger partial charge in [-0.05, 0) is 61.7 Å². The number of hydrogen-bond acceptors (Lipinski definition) is 3. The maximum Gasteiger partial charge on any atom is 0.255 e. The highest BCUT2D eigenvalue weighted by Gasteiger charge is 2.32. The Morgan fingerprint density at radius 2 is 1.93 bits per heavy atom. The molecule has 1 heterocycles. The molecule has 5 nitrogen and oxygen atoms in total. The second kappa shape index (κ2) is 8.19. The molecule has 1 amide bonds. The molecule has 144 valence electrons. The number of hydrogen-bond donors (Lipinski definition) is 1. The number of carbonyl (C=O) groups excluding carboxylic acids is 1. The van der Waals surface area contributed by atoms with Gasteiger partial charge in [0.1, 0.15) is 5.82 Å². The van der Waals surface area contributed by atoms with Crippen LogP contribution in [0.25, 0.3) is 0 Å². The fourth-order valence-corrected chi connectivity index (χ4v) is 5.14. The Kier molecular flexibility index (Phi) is 5.92. The lowest BCUT2D eigenvalue weighted by molar-refractivity contribution is 0.102. The fourth-order valence-electron chi connectivity index (χ4n) is 3.38. The monoisotopic (exact) mass is 390 g/mol. The minimum Gasteiger partial charge on any atom is -0.322 e. The summed E-state index contributed by atoms with van der Waals surface area (Å²) >= 11 is 0. The Hall–Kier alpha value is -2.25. The van der Waals surface area contributed by atoms with Gasteiger partial charge in [0.2, 0.25) is 10.0 Å². The number of halogens is 1. The number of nitrogens with zero attached hydrogens (tertiary/aromatic N) is 1. The van der Waals surface area contributed by atoms with Crippen molar-refractivity contribution < 1.29 is 17.6 Å². The molecule has 3 rings (SSSR count). The van der Waals surface area contributed by atoms with E-state index in [0.717, 1.165) is 31.7 Å². The number of anilines is 1. The van der Waals surface area contributed by atoms with Crippen molar-refractivity contribution in [3.05, 3.63) is 59.9 Å². The summed E-state index contributed by atoms with van der Waals surface area (Å²) in [7, 11) is -3.56. The first-order valence-electron chi connectivity index (χ1n) is 9.10. The van der Waals surface area contributed by atoms with Crippen molar-refractivity contribution in [2.45, 2.75) is 43.5 Å². The summed E-state index contributed by atoms with van der Waals surface area (Å²) in [6.07, 6.45) is 3.60. The van der Waals surface area contributed by atoms with E-state index in [0.29, 0.717) is 12.2 Å². The smallest absolute Gasteiger partial charge is 0.255 e. The Labute approximate surface area is 159 Å². The van der Waals surface area contributed by atoms with Crippen LogP contribution in [0.5, 0.6) is 0 Å². The van der Waals surface area contributed by atoms with Crippen molar-refractivity contribution in [3.63, 3.8) is 0 Å². The average molecular weight is 390 g/mol. The van der Waals surface area contributed by atoms with Crippen molar-refractivity contribution in [1.82, 2.24) is 4.31 Å². The van der Waals surface area contributed by atoms with Crippen molar-refractivity contribution in [2.75, 3.05) is 11.9 Å². The van der Waals surface area contributed by atoms with Crippen molar-refractivity contribution >= 4 is 21.6 Å². The van der Waals surface area contributed by atoms with E-state index in [9.17, 15) is 17.6 Å². The molecule has 2 aromatic carbocycles. The highest BCUT2D eigenvalue weighted by Crippen LogP contribution is 2.27. The topological polar surface area (TPSA) is 66.5 Å². The predicted octanol–water partition coefficient (Wildman–Crippen LogP) is 4.03. The summed E-state index contributed by atoms with van der Waals surface area (Å²) in [6.45, 7) is 2.54. The van der Waals surface area contributed by atoms with E-state index in [-0.39, 0.29) is 16.5 Å². The van der Waals surface area contributed by atoms with Crippen LogP contribution in [-0.4, -0.2) is 31.2 Å². The molecule has 7 heteroatoms. The maximum absolute atomic E-state index is 13.2. The lowest BCUT2D eigenvalue weighted by Crippen LogP contribution is -2.43. The molecule has 0 bridgehead atoms. The second-order valence-electron chi connectivity index (χ2n) is 6.66. The number of rotatable bonds is 5. The standard InChI is InChI=1S/C20H23FN2O3S/c1-2-18-8-3-4-13-23(18)27(25,26)19-11-9-17(10-12-19)22-20(24)15-6-5-7-16(21)14-15/h5-7,9-12,14,18H,2-4,8,13H2,1H3,(H,22,24). The van der Waals surface area contributed by atoms with E-state index in [1.165, 1.54) is 30.3 Å². The molecule has 0 radical (unpaired) electrons. The number of sulfonamides is 1. The van der Waals surface area contributed by atoms with Crippen LogP contribution in [0.1, 0.15) is 43.0 Å². The quantitative estimate of drug-likeness (QED) is 0.838. The summed E-state index contributed by atoms with van der Waals surface area (Å²) in [5.74, 6) is -0.941. The lowest BCUT2D eigenvalue weighted by atomic mass is 10.0. The van der Waals surface area contributed by atoms with Crippen LogP contribution in [-0.2, 0) is 10.0 Å². The molecule has 1 unspecified atom stereocenters. The molecule has 0 aliphatic carbocycles. The molecule has 0 aromatic heterocycles. The van der Waals surface area contributed by atoms with Crippen molar-refractivity contribution in [2.24, 2.45) is 0 Å². The minimum absolute atomic E-state index is 0.0381. The normalized spacial score (nSPS) is 18.2. The van der Waals surface area contributed by atoms with Crippen molar-refractivity contribution in [1.29, 1.82) is 0 Å². The van der Waals surface area contributed by atoms with E-state index >= 15 is 0 Å². The third-order valence-electron chi connectivity index (χ3n) is 4.85. The van der Waals surface area contributed by atoms with E-state index in [1.54, 1.807) is 16.4 Å². The number of carbonyl (C=O) groups is 1. The Bertz CT molecular complexity index is 913. The predicted molar refractivity (Wildman–Crippen MR) is 103 cm³/mol. The zero-order valence-corrected chi connectivity index (χ0v) is 16.0. The van der Waals surface area contributed by atoms with E-state index in [4.69, 9.17) is 0 Å². The summed E-state index contributed by atoms with van der Waals surface area (Å²) < 4.78 is 40.7. The summed E-state index contributed by atoms with van der Waals surface area (Å²) in [4.78, 5) is 12.4. The minimum atomic E-state index is -3.56.